The minimum atomic E-state index is -4.47. The van der Waals surface area contributed by atoms with Gasteiger partial charge in [-0.1, -0.05) is 31.4 Å². The van der Waals surface area contributed by atoms with E-state index in [1.165, 1.54) is 6.42 Å². The van der Waals surface area contributed by atoms with Crippen molar-refractivity contribution in [2.75, 3.05) is 5.32 Å². The maximum atomic E-state index is 13.3. The van der Waals surface area contributed by atoms with Crippen LogP contribution in [0.4, 0.5) is 18.9 Å². The lowest BCUT2D eigenvalue weighted by molar-refractivity contribution is -0.137. The molecule has 0 spiro atoms. The van der Waals surface area contributed by atoms with Crippen molar-refractivity contribution < 1.29 is 18.0 Å². The van der Waals surface area contributed by atoms with Crippen LogP contribution in [0.1, 0.15) is 43.4 Å². The van der Waals surface area contributed by atoms with Crippen LogP contribution in [0.15, 0.2) is 36.5 Å². The fourth-order valence-corrected chi connectivity index (χ4v) is 3.82. The molecule has 1 aliphatic carbocycles. The molecule has 0 aliphatic heterocycles. The summed E-state index contributed by atoms with van der Waals surface area (Å²) in [4.78, 5) is 16.4. The lowest BCUT2D eigenvalue weighted by atomic mass is 9.84. The zero-order valence-electron chi connectivity index (χ0n) is 15.7. The van der Waals surface area contributed by atoms with Crippen LogP contribution in [0.2, 0.25) is 0 Å². The van der Waals surface area contributed by atoms with E-state index in [0.717, 1.165) is 37.9 Å². The molecule has 0 saturated heterocycles. The highest BCUT2D eigenvalue weighted by atomic mass is 19.4. The average Bonchev–Trinajstić information content (AvgIpc) is 2.68. The maximum absolute atomic E-state index is 13.3. The van der Waals surface area contributed by atoms with Crippen molar-refractivity contribution in [3.63, 3.8) is 0 Å². The van der Waals surface area contributed by atoms with Crippen LogP contribution in [0.3, 0.4) is 0 Å². The van der Waals surface area contributed by atoms with Gasteiger partial charge in [-0.2, -0.15) is 13.2 Å². The van der Waals surface area contributed by atoms with E-state index in [4.69, 9.17) is 5.73 Å². The molecule has 28 heavy (non-hydrogen) atoms. The Bertz CT molecular complexity index is 828. The highest BCUT2D eigenvalue weighted by Crippen LogP contribution is 2.38. The number of rotatable bonds is 4. The number of hydrogen-bond acceptors (Lipinski definition) is 3. The molecule has 3 N–H and O–H groups in total. The highest BCUT2D eigenvalue weighted by Gasteiger charge is 2.34. The van der Waals surface area contributed by atoms with E-state index in [2.05, 4.69) is 10.3 Å². The number of nitrogens with two attached hydrogens (primary N) is 1. The molecule has 1 aromatic carbocycles. The van der Waals surface area contributed by atoms with E-state index in [1.807, 2.05) is 0 Å². The third-order valence-electron chi connectivity index (χ3n) is 5.35. The van der Waals surface area contributed by atoms with Gasteiger partial charge in [0.15, 0.2) is 0 Å². The molecule has 4 nitrogen and oxygen atoms in total. The SMILES string of the molecule is Cc1nccc(C(F)(F)F)c1-c1ccc(NC(=O)C(N)C2CCCCC2)cc1. The number of carbonyl (C=O) groups excluding carboxylic acids is 1. The quantitative estimate of drug-likeness (QED) is 0.777. The molecule has 0 radical (unpaired) electrons. The van der Waals surface area contributed by atoms with Crippen LogP contribution in [0.5, 0.6) is 0 Å². The van der Waals surface area contributed by atoms with Gasteiger partial charge in [0.1, 0.15) is 0 Å². The Morgan fingerprint density at radius 3 is 2.39 bits per heavy atom. The van der Waals surface area contributed by atoms with Gasteiger partial charge in [0.05, 0.1) is 11.6 Å². The zero-order valence-corrected chi connectivity index (χ0v) is 15.7. The molecule has 3 rings (SSSR count). The van der Waals surface area contributed by atoms with E-state index >= 15 is 0 Å². The number of alkyl halides is 3. The highest BCUT2D eigenvalue weighted by molar-refractivity contribution is 5.95. The lowest BCUT2D eigenvalue weighted by Gasteiger charge is -2.26. The van der Waals surface area contributed by atoms with Crippen LogP contribution in [0, 0.1) is 12.8 Å². The van der Waals surface area contributed by atoms with E-state index in [0.29, 0.717) is 16.9 Å². The molecular formula is C21H24F3N3O. The summed E-state index contributed by atoms with van der Waals surface area (Å²) < 4.78 is 40.0. The summed E-state index contributed by atoms with van der Waals surface area (Å²) in [6.45, 7) is 1.55. The number of benzene rings is 1. The summed E-state index contributed by atoms with van der Waals surface area (Å²) in [5, 5.41) is 2.78. The molecule has 1 aromatic heterocycles. The lowest BCUT2D eigenvalue weighted by Crippen LogP contribution is -2.42. The van der Waals surface area contributed by atoms with Crippen molar-refractivity contribution in [1.82, 2.24) is 4.98 Å². The third kappa shape index (κ3) is 4.52. The van der Waals surface area contributed by atoms with Gasteiger partial charge in [-0.3, -0.25) is 9.78 Å². The minimum Gasteiger partial charge on any atom is -0.325 e. The van der Waals surface area contributed by atoms with Crippen LogP contribution in [-0.4, -0.2) is 16.9 Å². The first-order chi connectivity index (χ1) is 13.3. The number of halogens is 3. The van der Waals surface area contributed by atoms with E-state index in [-0.39, 0.29) is 17.4 Å². The first-order valence-corrected chi connectivity index (χ1v) is 9.47. The second-order valence-corrected chi connectivity index (χ2v) is 7.31. The zero-order chi connectivity index (χ0) is 20.3. The normalized spacial score (nSPS) is 16.6. The third-order valence-corrected chi connectivity index (χ3v) is 5.35. The first-order valence-electron chi connectivity index (χ1n) is 9.47. The number of pyridine rings is 1. The van der Waals surface area contributed by atoms with Crippen LogP contribution >= 0.6 is 0 Å². The van der Waals surface area contributed by atoms with Gasteiger partial charge in [0.2, 0.25) is 5.91 Å². The Hall–Kier alpha value is -2.41. The van der Waals surface area contributed by atoms with Crippen molar-refractivity contribution in [2.45, 2.75) is 51.2 Å². The number of aryl methyl sites for hydroxylation is 1. The second kappa shape index (κ2) is 8.31. The van der Waals surface area contributed by atoms with Crippen molar-refractivity contribution in [1.29, 1.82) is 0 Å². The van der Waals surface area contributed by atoms with Crippen molar-refractivity contribution in [3.8, 4) is 11.1 Å². The summed E-state index contributed by atoms with van der Waals surface area (Å²) in [6, 6.07) is 6.70. The van der Waals surface area contributed by atoms with Crippen LogP contribution in [0.25, 0.3) is 11.1 Å². The molecule has 1 aliphatic rings. The predicted octanol–water partition coefficient (Wildman–Crippen LogP) is 4.92. The summed E-state index contributed by atoms with van der Waals surface area (Å²) >= 11 is 0. The van der Waals surface area contributed by atoms with Gasteiger partial charge in [-0.15, -0.1) is 0 Å². The molecule has 2 aromatic rings. The molecule has 1 heterocycles. The van der Waals surface area contributed by atoms with Gasteiger partial charge in [0.25, 0.3) is 0 Å². The van der Waals surface area contributed by atoms with E-state index in [9.17, 15) is 18.0 Å². The summed E-state index contributed by atoms with van der Waals surface area (Å²) in [5.41, 5.74) is 6.63. The number of nitrogens with zero attached hydrogens (tertiary/aromatic N) is 1. The van der Waals surface area contributed by atoms with Crippen LogP contribution in [-0.2, 0) is 11.0 Å². The Kier molecular flexibility index (Phi) is 6.03. The largest absolute Gasteiger partial charge is 0.417 e. The monoisotopic (exact) mass is 391 g/mol. The molecule has 1 fully saturated rings. The van der Waals surface area contributed by atoms with Gasteiger partial charge >= 0.3 is 6.18 Å². The Labute approximate surface area is 162 Å². The summed E-state index contributed by atoms with van der Waals surface area (Å²) in [5.74, 6) is -0.0754. The summed E-state index contributed by atoms with van der Waals surface area (Å²) in [7, 11) is 0. The van der Waals surface area contributed by atoms with Crippen molar-refractivity contribution >= 4 is 11.6 Å². The molecule has 0 bridgehead atoms. The van der Waals surface area contributed by atoms with Gasteiger partial charge in [-0.25, -0.2) is 0 Å². The fraction of sp³-hybridized carbons (Fsp3) is 0.429. The molecule has 1 unspecified atom stereocenters. The number of hydrogen-bond donors (Lipinski definition) is 2. The van der Waals surface area contributed by atoms with Crippen molar-refractivity contribution in [2.24, 2.45) is 11.7 Å². The van der Waals surface area contributed by atoms with E-state index in [1.54, 1.807) is 31.2 Å². The fourth-order valence-electron chi connectivity index (χ4n) is 3.82. The minimum absolute atomic E-state index is 0.0479. The number of carbonyl (C=O) groups is 1. The molecule has 1 amide bonds. The van der Waals surface area contributed by atoms with Gasteiger partial charge in [0, 0.05) is 23.1 Å². The summed E-state index contributed by atoms with van der Waals surface area (Å²) in [6.07, 6.45) is 1.95. The standard InChI is InChI=1S/C21H24F3N3O/c1-13-18(17(11-12-26-13)21(22,23)24)14-7-9-16(10-8-14)27-20(28)19(25)15-5-3-2-4-6-15/h7-12,15,19H,2-6,25H2,1H3,(H,27,28). The Morgan fingerprint density at radius 1 is 1.14 bits per heavy atom. The number of aromatic nitrogens is 1. The molecule has 1 saturated carbocycles. The predicted molar refractivity (Wildman–Crippen MR) is 103 cm³/mol. The second-order valence-electron chi connectivity index (χ2n) is 7.31. The topological polar surface area (TPSA) is 68.0 Å². The smallest absolute Gasteiger partial charge is 0.325 e. The first kappa shape index (κ1) is 20.3. The molecule has 1 atom stereocenters. The molecular weight excluding hydrogens is 367 g/mol. The maximum Gasteiger partial charge on any atom is 0.417 e. The van der Waals surface area contributed by atoms with Gasteiger partial charge < -0.3 is 11.1 Å². The average molecular weight is 391 g/mol. The molecule has 7 heteroatoms. The van der Waals surface area contributed by atoms with E-state index < -0.39 is 17.8 Å². The van der Waals surface area contributed by atoms with Crippen LogP contribution < -0.4 is 11.1 Å². The molecule has 150 valence electrons. The van der Waals surface area contributed by atoms with Gasteiger partial charge in [-0.05, 0) is 49.4 Å². The number of amides is 1. The Balaban J connectivity index is 1.77. The van der Waals surface area contributed by atoms with Crippen molar-refractivity contribution in [3.05, 3.63) is 47.8 Å². The Morgan fingerprint density at radius 2 is 1.79 bits per heavy atom. The number of nitrogens with one attached hydrogen (secondary N) is 1. The number of anilines is 1.